The first-order valence-electron chi connectivity index (χ1n) is 7.66. The van der Waals surface area contributed by atoms with Crippen LogP contribution in [0.5, 0.6) is 5.75 Å². The number of nitrogens with zero attached hydrogens (tertiary/aromatic N) is 4. The second-order valence-electron chi connectivity index (χ2n) is 5.56. The van der Waals surface area contributed by atoms with Crippen molar-refractivity contribution >= 4 is 39.7 Å². The summed E-state index contributed by atoms with van der Waals surface area (Å²) >= 11 is 0. The van der Waals surface area contributed by atoms with Crippen LogP contribution in [0.4, 0.5) is 27.3 Å². The smallest absolute Gasteiger partial charge is 0.311 e. The number of nitro groups is 1. The summed E-state index contributed by atoms with van der Waals surface area (Å²) in [4.78, 5) is 32.4. The van der Waals surface area contributed by atoms with Gasteiger partial charge in [-0.25, -0.2) is 14.4 Å². The molecular weight excluding hydrogens is 357 g/mol. The van der Waals surface area contributed by atoms with Crippen molar-refractivity contribution in [2.24, 2.45) is 0 Å². The lowest BCUT2D eigenvalue weighted by atomic mass is 10.1. The van der Waals surface area contributed by atoms with Gasteiger partial charge in [0, 0.05) is 19.1 Å². The van der Waals surface area contributed by atoms with Gasteiger partial charge in [0.1, 0.15) is 12.1 Å². The molecule has 1 aromatic heterocycles. The molecule has 0 aliphatic heterocycles. The largest absolute Gasteiger partial charge is 0.490 e. The second-order valence-corrected chi connectivity index (χ2v) is 5.56. The SMILES string of the molecule is COc1cc2ncnc(N(C(C)=O)c3ccc(F)c(N)c3)c2cc1[N+](=O)[O-]. The number of fused-ring (bicyclic) bond motifs is 1. The van der Waals surface area contributed by atoms with E-state index in [1.807, 2.05) is 0 Å². The Kier molecular flexibility index (Phi) is 4.55. The number of hydrogen-bond acceptors (Lipinski definition) is 7. The van der Waals surface area contributed by atoms with E-state index < -0.39 is 16.6 Å². The van der Waals surface area contributed by atoms with Gasteiger partial charge in [0.05, 0.1) is 34.3 Å². The fourth-order valence-corrected chi connectivity index (χ4v) is 2.67. The molecular formula is C17H14FN5O4. The zero-order valence-corrected chi connectivity index (χ0v) is 14.3. The molecule has 3 rings (SSSR count). The first-order chi connectivity index (χ1) is 12.8. The maximum Gasteiger partial charge on any atom is 0.311 e. The van der Waals surface area contributed by atoms with Crippen LogP contribution in [0.3, 0.4) is 0 Å². The van der Waals surface area contributed by atoms with E-state index in [4.69, 9.17) is 10.5 Å². The van der Waals surface area contributed by atoms with Gasteiger partial charge in [-0.3, -0.25) is 19.8 Å². The van der Waals surface area contributed by atoms with Crippen LogP contribution >= 0.6 is 0 Å². The van der Waals surface area contributed by atoms with Crippen molar-refractivity contribution in [3.05, 3.63) is 52.6 Å². The highest BCUT2D eigenvalue weighted by Gasteiger charge is 2.23. The van der Waals surface area contributed by atoms with E-state index in [9.17, 15) is 19.3 Å². The zero-order valence-electron chi connectivity index (χ0n) is 14.3. The van der Waals surface area contributed by atoms with Crippen molar-refractivity contribution in [3.8, 4) is 5.75 Å². The van der Waals surface area contributed by atoms with Crippen LogP contribution in [0.25, 0.3) is 10.9 Å². The molecule has 2 aromatic carbocycles. The summed E-state index contributed by atoms with van der Waals surface area (Å²) in [6.07, 6.45) is 1.21. The third-order valence-corrected chi connectivity index (χ3v) is 3.88. The maximum absolute atomic E-state index is 13.5. The Bertz CT molecular complexity index is 1070. The summed E-state index contributed by atoms with van der Waals surface area (Å²) in [5, 5.41) is 11.6. The van der Waals surface area contributed by atoms with Gasteiger partial charge in [0.25, 0.3) is 0 Å². The average molecular weight is 371 g/mol. The number of nitrogens with two attached hydrogens (primary N) is 1. The molecule has 1 amide bonds. The van der Waals surface area contributed by atoms with Crippen molar-refractivity contribution in [1.29, 1.82) is 0 Å². The van der Waals surface area contributed by atoms with Gasteiger partial charge in [0.15, 0.2) is 11.6 Å². The minimum Gasteiger partial charge on any atom is -0.490 e. The molecule has 0 bridgehead atoms. The Morgan fingerprint density at radius 1 is 1.30 bits per heavy atom. The highest BCUT2D eigenvalue weighted by molar-refractivity contribution is 6.06. The van der Waals surface area contributed by atoms with Gasteiger partial charge in [-0.05, 0) is 18.2 Å². The number of hydrogen-bond donors (Lipinski definition) is 1. The van der Waals surface area contributed by atoms with Gasteiger partial charge in [-0.15, -0.1) is 0 Å². The number of methoxy groups -OCH3 is 1. The van der Waals surface area contributed by atoms with Crippen LogP contribution in [0.2, 0.25) is 0 Å². The van der Waals surface area contributed by atoms with Crippen molar-refractivity contribution in [3.63, 3.8) is 0 Å². The number of carbonyl (C=O) groups excluding carboxylic acids is 1. The Morgan fingerprint density at radius 2 is 2.04 bits per heavy atom. The van der Waals surface area contributed by atoms with Crippen molar-refractivity contribution in [1.82, 2.24) is 9.97 Å². The van der Waals surface area contributed by atoms with Crippen molar-refractivity contribution < 1.29 is 18.8 Å². The lowest BCUT2D eigenvalue weighted by Gasteiger charge is -2.22. The highest BCUT2D eigenvalue weighted by Crippen LogP contribution is 2.37. The van der Waals surface area contributed by atoms with Crippen LogP contribution in [0.1, 0.15) is 6.92 Å². The van der Waals surface area contributed by atoms with E-state index in [0.717, 1.165) is 6.07 Å². The monoisotopic (exact) mass is 371 g/mol. The Morgan fingerprint density at radius 3 is 2.63 bits per heavy atom. The number of carbonyl (C=O) groups is 1. The molecule has 0 aliphatic rings. The van der Waals surface area contributed by atoms with E-state index in [-0.39, 0.29) is 34.0 Å². The number of rotatable bonds is 4. The van der Waals surface area contributed by atoms with Crippen LogP contribution in [0.15, 0.2) is 36.7 Å². The summed E-state index contributed by atoms with van der Waals surface area (Å²) in [6, 6.07) is 6.37. The second kappa shape index (κ2) is 6.83. The number of benzene rings is 2. The summed E-state index contributed by atoms with van der Waals surface area (Å²) < 4.78 is 18.5. The third-order valence-electron chi connectivity index (χ3n) is 3.88. The average Bonchev–Trinajstić information content (AvgIpc) is 2.63. The van der Waals surface area contributed by atoms with E-state index in [1.54, 1.807) is 0 Å². The molecule has 9 nitrogen and oxygen atoms in total. The molecule has 138 valence electrons. The summed E-state index contributed by atoms with van der Waals surface area (Å²) in [5.74, 6) is -0.948. The first kappa shape index (κ1) is 18.0. The number of ether oxygens (including phenoxy) is 1. The van der Waals surface area contributed by atoms with Gasteiger partial charge in [-0.1, -0.05) is 0 Å². The third kappa shape index (κ3) is 3.19. The van der Waals surface area contributed by atoms with Crippen LogP contribution in [0, 0.1) is 15.9 Å². The van der Waals surface area contributed by atoms with Gasteiger partial charge < -0.3 is 10.5 Å². The van der Waals surface area contributed by atoms with E-state index in [2.05, 4.69) is 9.97 Å². The number of halogens is 1. The molecule has 10 heteroatoms. The minimum absolute atomic E-state index is 0.0255. The van der Waals surface area contributed by atoms with Crippen molar-refractivity contribution in [2.75, 3.05) is 17.7 Å². The quantitative estimate of drug-likeness (QED) is 0.424. The molecule has 3 aromatic rings. The Balaban J connectivity index is 2.29. The van der Waals surface area contributed by atoms with Crippen LogP contribution in [-0.4, -0.2) is 27.9 Å². The van der Waals surface area contributed by atoms with Crippen LogP contribution < -0.4 is 15.4 Å². The molecule has 0 radical (unpaired) electrons. The molecule has 27 heavy (non-hydrogen) atoms. The Labute approximate surface area is 152 Å². The predicted octanol–water partition coefficient (Wildman–Crippen LogP) is 2.95. The van der Waals surface area contributed by atoms with Crippen LogP contribution in [-0.2, 0) is 4.79 Å². The topological polar surface area (TPSA) is 124 Å². The predicted molar refractivity (Wildman–Crippen MR) is 96.4 cm³/mol. The molecule has 0 atom stereocenters. The van der Waals surface area contributed by atoms with Gasteiger partial charge in [-0.2, -0.15) is 0 Å². The number of anilines is 3. The lowest BCUT2D eigenvalue weighted by Crippen LogP contribution is -2.24. The molecule has 0 aliphatic carbocycles. The number of nitro benzene ring substituents is 1. The molecule has 0 spiro atoms. The van der Waals surface area contributed by atoms with Gasteiger partial charge >= 0.3 is 5.69 Å². The lowest BCUT2D eigenvalue weighted by molar-refractivity contribution is -0.385. The number of aromatic nitrogens is 2. The fraction of sp³-hybridized carbons (Fsp3) is 0.118. The molecule has 2 N–H and O–H groups in total. The summed E-state index contributed by atoms with van der Waals surface area (Å²) in [6.45, 7) is 1.28. The molecule has 0 fully saturated rings. The molecule has 0 unspecified atom stereocenters. The first-order valence-corrected chi connectivity index (χ1v) is 7.66. The number of nitrogen functional groups attached to an aromatic ring is 1. The Hall–Kier alpha value is -3.82. The zero-order chi connectivity index (χ0) is 19.7. The van der Waals surface area contributed by atoms with Crippen molar-refractivity contribution in [2.45, 2.75) is 6.92 Å². The normalized spacial score (nSPS) is 10.6. The fourth-order valence-electron chi connectivity index (χ4n) is 2.67. The standard InChI is InChI=1S/C17H14FN5O4/c1-9(24)22(10-3-4-12(18)13(19)5-10)17-11-6-15(23(25)26)16(27-2)7-14(11)20-8-21-17/h3-8H,19H2,1-2H3. The number of amides is 1. The van der Waals surface area contributed by atoms with Gasteiger partial charge in [0.2, 0.25) is 5.91 Å². The molecule has 0 saturated heterocycles. The van der Waals surface area contributed by atoms with E-state index in [1.165, 1.54) is 49.5 Å². The summed E-state index contributed by atoms with van der Waals surface area (Å²) in [7, 11) is 1.30. The minimum atomic E-state index is -0.629. The maximum atomic E-state index is 13.5. The summed E-state index contributed by atoms with van der Waals surface area (Å²) in [5.41, 5.74) is 5.75. The van der Waals surface area contributed by atoms with E-state index >= 15 is 0 Å². The molecule has 1 heterocycles. The highest BCUT2D eigenvalue weighted by atomic mass is 19.1. The molecule has 0 saturated carbocycles. The van der Waals surface area contributed by atoms with E-state index in [0.29, 0.717) is 5.52 Å².